The van der Waals surface area contributed by atoms with Gasteiger partial charge >= 0.3 is 0 Å². The minimum absolute atomic E-state index is 0.0640. The summed E-state index contributed by atoms with van der Waals surface area (Å²) in [6.45, 7) is 0.773. The fraction of sp³-hybridized carbons (Fsp3) is 0.375. The van der Waals surface area contributed by atoms with Crippen LogP contribution < -0.4 is 0 Å². The number of benzene rings is 1. The number of pyridine rings is 1. The van der Waals surface area contributed by atoms with Gasteiger partial charge in [0.25, 0.3) is 0 Å². The maximum Gasteiger partial charge on any atom is 0.211 e. The molecule has 0 radical (unpaired) electrons. The number of sulfonamides is 1. The molecule has 0 spiro atoms. The highest BCUT2D eigenvalue weighted by molar-refractivity contribution is 7.88. The number of hydrogen-bond acceptors (Lipinski definition) is 6. The molecule has 0 amide bonds. The number of aryl methyl sites for hydroxylation is 1. The second kappa shape index (κ2) is 7.94. The first kappa shape index (κ1) is 21.0. The molecular formula is C24H24N2O5S. The Morgan fingerprint density at radius 3 is 2.41 bits per heavy atom. The first-order valence-corrected chi connectivity index (χ1v) is 12.6. The van der Waals surface area contributed by atoms with Crippen LogP contribution in [0.1, 0.15) is 46.3 Å². The molecule has 1 aromatic heterocycles. The van der Waals surface area contributed by atoms with Crippen LogP contribution in [0.2, 0.25) is 0 Å². The summed E-state index contributed by atoms with van der Waals surface area (Å²) in [5.74, 6) is 0.515. The SMILES string of the molecule is CS(=O)(=O)N1CCC(C2OC(c3ccncc3)=C(c3ccc4c(c3)CCC4=O)C2=O)CC1. The van der Waals surface area contributed by atoms with Gasteiger partial charge in [0.2, 0.25) is 15.8 Å². The molecule has 3 aliphatic rings. The van der Waals surface area contributed by atoms with Crippen LogP contribution in [-0.4, -0.2) is 54.7 Å². The molecule has 0 N–H and O–H groups in total. The minimum atomic E-state index is -3.24. The predicted molar refractivity (Wildman–Crippen MR) is 119 cm³/mol. The maximum absolute atomic E-state index is 13.6. The van der Waals surface area contributed by atoms with Gasteiger partial charge in [-0.1, -0.05) is 18.2 Å². The normalized spacial score (nSPS) is 22.3. The second-order valence-electron chi connectivity index (χ2n) is 8.64. The van der Waals surface area contributed by atoms with E-state index >= 15 is 0 Å². The lowest BCUT2D eigenvalue weighted by molar-refractivity contribution is -0.122. The third-order valence-corrected chi connectivity index (χ3v) is 7.93. The lowest BCUT2D eigenvalue weighted by atomic mass is 9.86. The lowest BCUT2D eigenvalue weighted by Crippen LogP contribution is -2.42. The van der Waals surface area contributed by atoms with E-state index in [1.165, 1.54) is 10.6 Å². The van der Waals surface area contributed by atoms with Crippen molar-refractivity contribution in [1.29, 1.82) is 0 Å². The van der Waals surface area contributed by atoms with Crippen molar-refractivity contribution < 1.29 is 22.7 Å². The van der Waals surface area contributed by atoms with Crippen LogP contribution in [0.4, 0.5) is 0 Å². The highest BCUT2D eigenvalue weighted by Crippen LogP contribution is 2.41. The fourth-order valence-corrected chi connectivity index (χ4v) is 5.79. The van der Waals surface area contributed by atoms with Crippen LogP contribution in [0.3, 0.4) is 0 Å². The van der Waals surface area contributed by atoms with Gasteiger partial charge in [0.05, 0.1) is 11.8 Å². The number of aromatic nitrogens is 1. The molecular weight excluding hydrogens is 428 g/mol. The summed E-state index contributed by atoms with van der Waals surface area (Å²) in [5.41, 5.74) is 3.75. The number of nitrogens with zero attached hydrogens (tertiary/aromatic N) is 2. The summed E-state index contributed by atoms with van der Waals surface area (Å²) < 4.78 is 31.5. The monoisotopic (exact) mass is 452 g/mol. The number of ether oxygens (including phenoxy) is 1. The lowest BCUT2D eigenvalue weighted by Gasteiger charge is -2.32. The van der Waals surface area contributed by atoms with E-state index in [0.717, 1.165) is 22.3 Å². The van der Waals surface area contributed by atoms with E-state index in [0.29, 0.717) is 50.1 Å². The molecule has 1 unspecified atom stereocenters. The highest BCUT2D eigenvalue weighted by atomic mass is 32.2. The Morgan fingerprint density at radius 1 is 1.00 bits per heavy atom. The van der Waals surface area contributed by atoms with Gasteiger partial charge in [-0.05, 0) is 42.5 Å². The van der Waals surface area contributed by atoms with Gasteiger partial charge in [0.1, 0.15) is 5.76 Å². The molecule has 3 heterocycles. The molecule has 5 rings (SSSR count). The summed E-state index contributed by atoms with van der Waals surface area (Å²) in [6, 6.07) is 9.20. The molecule has 2 aromatic rings. The Labute approximate surface area is 187 Å². The zero-order chi connectivity index (χ0) is 22.5. The van der Waals surface area contributed by atoms with Gasteiger partial charge in [-0.2, -0.15) is 0 Å². The molecule has 1 aromatic carbocycles. The summed E-state index contributed by atoms with van der Waals surface area (Å²) in [4.78, 5) is 29.7. The molecule has 7 nitrogen and oxygen atoms in total. The number of ketones is 2. The Balaban J connectivity index is 1.49. The third-order valence-electron chi connectivity index (χ3n) is 6.63. The second-order valence-corrected chi connectivity index (χ2v) is 10.6. The molecule has 2 aliphatic heterocycles. The van der Waals surface area contributed by atoms with Crippen LogP contribution in [-0.2, 0) is 26.0 Å². The van der Waals surface area contributed by atoms with Gasteiger partial charge in [-0.15, -0.1) is 0 Å². The van der Waals surface area contributed by atoms with E-state index in [1.54, 1.807) is 12.4 Å². The van der Waals surface area contributed by atoms with E-state index in [2.05, 4.69) is 4.98 Å². The smallest absolute Gasteiger partial charge is 0.211 e. The molecule has 8 heteroatoms. The molecule has 1 atom stereocenters. The maximum atomic E-state index is 13.6. The molecule has 1 aliphatic carbocycles. The van der Waals surface area contributed by atoms with Gasteiger partial charge in [0, 0.05) is 48.9 Å². The topological polar surface area (TPSA) is 93.6 Å². The molecule has 166 valence electrons. The Kier molecular flexibility index (Phi) is 5.22. The van der Waals surface area contributed by atoms with Crippen molar-refractivity contribution in [3.05, 3.63) is 65.0 Å². The Hall–Kier alpha value is -2.84. The Bertz CT molecular complexity index is 1230. The number of carbonyl (C=O) groups is 2. The standard InChI is InChI=1S/C24H24N2O5S/c1-32(29,30)26-12-8-16(9-13-26)24-22(28)21(23(31-24)15-6-10-25-11-7-15)18-2-4-19-17(14-18)3-5-20(19)27/h2,4,6-7,10-11,14,16,24H,3,5,8-9,12-13H2,1H3. The summed E-state index contributed by atoms with van der Waals surface area (Å²) in [7, 11) is -3.24. The van der Waals surface area contributed by atoms with Crippen molar-refractivity contribution >= 4 is 32.9 Å². The molecule has 0 saturated carbocycles. The van der Waals surface area contributed by atoms with Crippen molar-refractivity contribution in [2.75, 3.05) is 19.3 Å². The number of hydrogen-bond donors (Lipinski definition) is 0. The number of Topliss-reactive ketones (excluding diaryl/α,β-unsaturated/α-hetero) is 2. The largest absolute Gasteiger partial charge is 0.481 e. The minimum Gasteiger partial charge on any atom is -0.481 e. The quantitative estimate of drug-likeness (QED) is 0.708. The van der Waals surface area contributed by atoms with Crippen LogP contribution in [0, 0.1) is 5.92 Å². The van der Waals surface area contributed by atoms with Crippen molar-refractivity contribution in [3.63, 3.8) is 0 Å². The average molecular weight is 453 g/mol. The number of piperidine rings is 1. The van der Waals surface area contributed by atoms with Gasteiger partial charge in [-0.25, -0.2) is 12.7 Å². The van der Waals surface area contributed by atoms with Crippen molar-refractivity contribution in [2.45, 2.75) is 31.8 Å². The molecule has 1 saturated heterocycles. The Morgan fingerprint density at radius 2 is 1.72 bits per heavy atom. The predicted octanol–water partition coefficient (Wildman–Crippen LogP) is 2.72. The van der Waals surface area contributed by atoms with E-state index in [-0.39, 0.29) is 17.5 Å². The van der Waals surface area contributed by atoms with Gasteiger partial charge in [0.15, 0.2) is 11.9 Å². The van der Waals surface area contributed by atoms with Gasteiger partial charge in [-0.3, -0.25) is 14.6 Å². The van der Waals surface area contributed by atoms with E-state index < -0.39 is 16.1 Å². The van der Waals surface area contributed by atoms with E-state index in [9.17, 15) is 18.0 Å². The molecule has 32 heavy (non-hydrogen) atoms. The highest BCUT2D eigenvalue weighted by Gasteiger charge is 2.43. The number of rotatable bonds is 4. The van der Waals surface area contributed by atoms with Crippen molar-refractivity contribution in [3.8, 4) is 0 Å². The number of fused-ring (bicyclic) bond motifs is 1. The average Bonchev–Trinajstić information content (AvgIpc) is 3.33. The molecule has 1 fully saturated rings. The van der Waals surface area contributed by atoms with Gasteiger partial charge < -0.3 is 4.74 Å². The van der Waals surface area contributed by atoms with E-state index in [1.807, 2.05) is 30.3 Å². The van der Waals surface area contributed by atoms with Crippen LogP contribution in [0.25, 0.3) is 11.3 Å². The first-order valence-electron chi connectivity index (χ1n) is 10.8. The van der Waals surface area contributed by atoms with Crippen LogP contribution >= 0.6 is 0 Å². The number of carbonyl (C=O) groups excluding carboxylic acids is 2. The fourth-order valence-electron chi connectivity index (χ4n) is 4.91. The zero-order valence-corrected chi connectivity index (χ0v) is 18.6. The van der Waals surface area contributed by atoms with Crippen molar-refractivity contribution in [2.24, 2.45) is 5.92 Å². The summed E-state index contributed by atoms with van der Waals surface area (Å²) in [5, 5.41) is 0. The van der Waals surface area contributed by atoms with E-state index in [4.69, 9.17) is 4.74 Å². The van der Waals surface area contributed by atoms with Crippen LogP contribution in [0.5, 0.6) is 0 Å². The summed E-state index contributed by atoms with van der Waals surface area (Å²) >= 11 is 0. The van der Waals surface area contributed by atoms with Crippen molar-refractivity contribution in [1.82, 2.24) is 9.29 Å². The first-order chi connectivity index (χ1) is 15.3. The molecule has 0 bridgehead atoms. The summed E-state index contributed by atoms with van der Waals surface area (Å²) in [6.07, 6.45) is 6.20. The zero-order valence-electron chi connectivity index (χ0n) is 17.8. The third kappa shape index (κ3) is 3.67. The van der Waals surface area contributed by atoms with Crippen LogP contribution in [0.15, 0.2) is 42.7 Å².